The van der Waals surface area contributed by atoms with Crippen molar-refractivity contribution in [1.82, 2.24) is 10.3 Å². The van der Waals surface area contributed by atoms with Crippen molar-refractivity contribution >= 4 is 17.2 Å². The zero-order valence-corrected chi connectivity index (χ0v) is 10.4. The second kappa shape index (κ2) is 6.57. The molecule has 6 heteroatoms. The highest BCUT2D eigenvalue weighted by molar-refractivity contribution is 7.11. The summed E-state index contributed by atoms with van der Waals surface area (Å²) in [6, 6.07) is 0. The molecule has 0 unspecified atom stereocenters. The van der Waals surface area contributed by atoms with Gasteiger partial charge in [0.1, 0.15) is 11.6 Å². The average Bonchev–Trinajstić information content (AvgIpc) is 2.52. The van der Waals surface area contributed by atoms with Crippen LogP contribution in [0.1, 0.15) is 15.6 Å². The van der Waals surface area contributed by atoms with E-state index in [1.54, 1.807) is 11.3 Å². The van der Waals surface area contributed by atoms with Crippen molar-refractivity contribution in [3.8, 4) is 0 Å². The molecule has 0 spiro atoms. The fraction of sp³-hybridized carbons (Fsp3) is 0.600. The lowest BCUT2D eigenvalue weighted by Gasteiger charge is -2.02. The first kappa shape index (κ1) is 13.1. The van der Waals surface area contributed by atoms with Gasteiger partial charge in [0, 0.05) is 18.0 Å². The molecule has 1 rings (SSSR count). The number of hydrogen-bond donors (Lipinski definition) is 2. The molecule has 3 N–H and O–H groups in total. The number of nitrogens with zero attached hydrogens (tertiary/aromatic N) is 1. The lowest BCUT2D eigenvalue weighted by Crippen LogP contribution is -2.23. The molecule has 0 saturated heterocycles. The summed E-state index contributed by atoms with van der Waals surface area (Å²) in [5, 5.41) is 4.26. The highest BCUT2D eigenvalue weighted by Gasteiger charge is 2.02. The van der Waals surface area contributed by atoms with Gasteiger partial charge in [0.05, 0.1) is 12.3 Å². The highest BCUT2D eigenvalue weighted by atomic mass is 32.1. The highest BCUT2D eigenvalue weighted by Crippen LogP contribution is 2.15. The Balaban J connectivity index is 2.09. The Morgan fingerprint density at radius 3 is 2.88 bits per heavy atom. The average molecular weight is 243 g/mol. The Bertz CT molecular complexity index is 332. The SMILES string of the molecule is Cc1nc(CNCCOCC(N)=O)sc1C. The van der Waals surface area contributed by atoms with Crippen molar-refractivity contribution < 1.29 is 9.53 Å². The minimum Gasteiger partial charge on any atom is -0.370 e. The van der Waals surface area contributed by atoms with E-state index in [-0.39, 0.29) is 6.61 Å². The van der Waals surface area contributed by atoms with E-state index in [1.807, 2.05) is 6.92 Å². The van der Waals surface area contributed by atoms with Crippen LogP contribution < -0.4 is 11.1 Å². The summed E-state index contributed by atoms with van der Waals surface area (Å²) in [5.74, 6) is -0.439. The molecule has 0 radical (unpaired) electrons. The molecule has 1 amide bonds. The molecule has 1 aromatic heterocycles. The fourth-order valence-electron chi connectivity index (χ4n) is 1.13. The van der Waals surface area contributed by atoms with Crippen molar-refractivity contribution in [2.75, 3.05) is 19.8 Å². The van der Waals surface area contributed by atoms with E-state index in [9.17, 15) is 4.79 Å². The van der Waals surface area contributed by atoms with Gasteiger partial charge in [-0.1, -0.05) is 0 Å². The number of aryl methyl sites for hydroxylation is 2. The summed E-state index contributed by atoms with van der Waals surface area (Å²) in [6.45, 7) is 5.95. The Morgan fingerprint density at radius 1 is 1.56 bits per heavy atom. The van der Waals surface area contributed by atoms with E-state index in [2.05, 4.69) is 17.2 Å². The number of carbonyl (C=O) groups excluding carboxylic acids is 1. The Hall–Kier alpha value is -0.980. The van der Waals surface area contributed by atoms with E-state index < -0.39 is 5.91 Å². The van der Waals surface area contributed by atoms with E-state index >= 15 is 0 Å². The number of carbonyl (C=O) groups is 1. The molecular weight excluding hydrogens is 226 g/mol. The smallest absolute Gasteiger partial charge is 0.243 e. The summed E-state index contributed by atoms with van der Waals surface area (Å²) < 4.78 is 5.01. The van der Waals surface area contributed by atoms with Crippen molar-refractivity contribution in [3.63, 3.8) is 0 Å². The Labute approximate surface area is 99.0 Å². The van der Waals surface area contributed by atoms with E-state index in [4.69, 9.17) is 10.5 Å². The summed E-state index contributed by atoms with van der Waals surface area (Å²) >= 11 is 1.69. The van der Waals surface area contributed by atoms with Gasteiger partial charge < -0.3 is 15.8 Å². The molecule has 0 aliphatic heterocycles. The summed E-state index contributed by atoms with van der Waals surface area (Å²) in [6.07, 6.45) is 0. The van der Waals surface area contributed by atoms with Gasteiger partial charge in [-0.15, -0.1) is 11.3 Å². The summed E-state index contributed by atoms with van der Waals surface area (Å²) in [7, 11) is 0. The van der Waals surface area contributed by atoms with Crippen molar-refractivity contribution in [2.45, 2.75) is 20.4 Å². The number of rotatable bonds is 7. The Kier molecular flexibility index (Phi) is 5.37. The lowest BCUT2D eigenvalue weighted by atomic mass is 10.4. The second-order valence-corrected chi connectivity index (χ2v) is 4.73. The molecule has 0 aromatic carbocycles. The fourth-order valence-corrected chi connectivity index (χ4v) is 2.03. The first-order valence-corrected chi connectivity index (χ1v) is 5.91. The first-order chi connectivity index (χ1) is 7.59. The normalized spacial score (nSPS) is 10.6. The maximum Gasteiger partial charge on any atom is 0.243 e. The minimum atomic E-state index is -0.439. The number of primary amides is 1. The van der Waals surface area contributed by atoms with Gasteiger partial charge in [-0.3, -0.25) is 4.79 Å². The standard InChI is InChI=1S/C10H17N3O2S/c1-7-8(2)16-10(13-7)5-12-3-4-15-6-9(11)14/h12H,3-6H2,1-2H3,(H2,11,14). The van der Waals surface area contributed by atoms with Gasteiger partial charge in [-0.2, -0.15) is 0 Å². The molecule has 0 fully saturated rings. The number of amides is 1. The number of nitrogens with one attached hydrogen (secondary N) is 1. The van der Waals surface area contributed by atoms with Gasteiger partial charge in [0.25, 0.3) is 0 Å². The number of nitrogens with two attached hydrogens (primary N) is 1. The van der Waals surface area contributed by atoms with Crippen molar-refractivity contribution in [3.05, 3.63) is 15.6 Å². The van der Waals surface area contributed by atoms with Crippen LogP contribution in [-0.2, 0) is 16.1 Å². The molecule has 0 aliphatic carbocycles. The van der Waals surface area contributed by atoms with Crippen LogP contribution in [0.25, 0.3) is 0 Å². The number of ether oxygens (including phenoxy) is 1. The molecule has 1 heterocycles. The van der Waals surface area contributed by atoms with Crippen LogP contribution in [0.5, 0.6) is 0 Å². The van der Waals surface area contributed by atoms with Crippen LogP contribution in [0.3, 0.4) is 0 Å². The predicted molar refractivity (Wildman–Crippen MR) is 63.3 cm³/mol. The van der Waals surface area contributed by atoms with Crippen LogP contribution in [0.4, 0.5) is 0 Å². The second-order valence-electron chi connectivity index (χ2n) is 3.44. The maximum absolute atomic E-state index is 10.4. The molecule has 90 valence electrons. The van der Waals surface area contributed by atoms with Crippen LogP contribution in [-0.4, -0.2) is 30.6 Å². The van der Waals surface area contributed by atoms with Crippen molar-refractivity contribution in [2.24, 2.45) is 5.73 Å². The third kappa shape index (κ3) is 4.69. The quantitative estimate of drug-likeness (QED) is 0.677. The number of aromatic nitrogens is 1. The topological polar surface area (TPSA) is 77.2 Å². The van der Waals surface area contributed by atoms with E-state index in [0.717, 1.165) is 17.2 Å². The zero-order chi connectivity index (χ0) is 12.0. The molecular formula is C10H17N3O2S. The van der Waals surface area contributed by atoms with Crippen LogP contribution in [0, 0.1) is 13.8 Å². The first-order valence-electron chi connectivity index (χ1n) is 5.09. The van der Waals surface area contributed by atoms with Gasteiger partial charge in [0.15, 0.2) is 0 Å². The molecule has 0 aliphatic rings. The lowest BCUT2D eigenvalue weighted by molar-refractivity contribution is -0.122. The van der Waals surface area contributed by atoms with E-state index in [0.29, 0.717) is 13.2 Å². The largest absolute Gasteiger partial charge is 0.370 e. The third-order valence-corrected chi connectivity index (χ3v) is 3.09. The predicted octanol–water partition coefficient (Wildman–Crippen LogP) is 0.351. The van der Waals surface area contributed by atoms with Gasteiger partial charge in [-0.05, 0) is 13.8 Å². The molecule has 0 atom stereocenters. The maximum atomic E-state index is 10.4. The third-order valence-electron chi connectivity index (χ3n) is 2.02. The van der Waals surface area contributed by atoms with Gasteiger partial charge in [0.2, 0.25) is 5.91 Å². The van der Waals surface area contributed by atoms with E-state index in [1.165, 1.54) is 4.88 Å². The number of thiazole rings is 1. The summed E-state index contributed by atoms with van der Waals surface area (Å²) in [5.41, 5.74) is 6.01. The molecule has 0 bridgehead atoms. The molecule has 5 nitrogen and oxygen atoms in total. The monoisotopic (exact) mass is 243 g/mol. The van der Waals surface area contributed by atoms with Crippen molar-refractivity contribution in [1.29, 1.82) is 0 Å². The van der Waals surface area contributed by atoms with Crippen LogP contribution >= 0.6 is 11.3 Å². The zero-order valence-electron chi connectivity index (χ0n) is 9.58. The van der Waals surface area contributed by atoms with Crippen LogP contribution in [0.15, 0.2) is 0 Å². The van der Waals surface area contributed by atoms with Crippen LogP contribution in [0.2, 0.25) is 0 Å². The Morgan fingerprint density at radius 2 is 2.31 bits per heavy atom. The van der Waals surface area contributed by atoms with Gasteiger partial charge in [-0.25, -0.2) is 4.98 Å². The molecule has 1 aromatic rings. The summed E-state index contributed by atoms with van der Waals surface area (Å²) in [4.78, 5) is 16.0. The molecule has 16 heavy (non-hydrogen) atoms. The minimum absolute atomic E-state index is 0.0167. The van der Waals surface area contributed by atoms with Gasteiger partial charge >= 0.3 is 0 Å². The molecule has 0 saturated carbocycles. The number of hydrogen-bond acceptors (Lipinski definition) is 5.